The molecule has 0 saturated heterocycles. The predicted molar refractivity (Wildman–Crippen MR) is 218 cm³/mol. The average Bonchev–Trinajstić information content (AvgIpc) is 3.75. The standard InChI is InChI=1S/C48H34F2N5O.Pt/c1-30-31(28-51)11-9-13-37(30)32-23-34(53-29-54(47-40(49)14-10-15-41(47)50)45-25-33(48(2,3)4)18-21-43(45)53)26-36(24-32)56-35-19-20-39-38-12-5-6-16-42(38)55(44(39)27-35)46-17-7-8-22-52-46;/h5-25,29H,1-4H3;/q-3;/i1D3;. The SMILES string of the molecule is [2H]C([2H])([2H])c1c(C#N)cccc1-c1cc(Oc2[c-]c3c(cc2)c2ccccc2n3-c2ccccn2)[c-]c(N2[CH-]N(c3c(F)cccc3F)c3cc(C(C)(C)C)ccc32)c1.[Pt]. The van der Waals surface area contributed by atoms with Crippen molar-refractivity contribution in [1.82, 2.24) is 9.55 Å². The van der Waals surface area contributed by atoms with Crippen LogP contribution in [0.15, 0.2) is 128 Å². The van der Waals surface area contributed by atoms with E-state index in [4.69, 9.17) is 8.85 Å². The molecular formula is C48H34F2N5OPt-3. The number of hydrogen-bond acceptors (Lipinski definition) is 5. The van der Waals surface area contributed by atoms with Crippen molar-refractivity contribution in [1.29, 1.82) is 5.26 Å². The zero-order valence-electron chi connectivity index (χ0n) is 33.9. The number of hydrogen-bond donors (Lipinski definition) is 0. The molecule has 0 atom stereocenters. The summed E-state index contributed by atoms with van der Waals surface area (Å²) in [6, 6.07) is 43.9. The Morgan fingerprint density at radius 2 is 1.58 bits per heavy atom. The number of fused-ring (bicyclic) bond motifs is 4. The minimum atomic E-state index is -2.64. The summed E-state index contributed by atoms with van der Waals surface area (Å²) < 4.78 is 65.0. The van der Waals surface area contributed by atoms with Crippen LogP contribution in [0.1, 0.15) is 41.6 Å². The van der Waals surface area contributed by atoms with Crippen LogP contribution >= 0.6 is 0 Å². The molecule has 0 bridgehead atoms. The molecule has 0 spiro atoms. The van der Waals surface area contributed by atoms with Crippen LogP contribution in [0, 0.1) is 48.6 Å². The Bertz CT molecular complexity index is 2970. The maximum absolute atomic E-state index is 15.6. The third-order valence-corrected chi connectivity index (χ3v) is 10.0. The van der Waals surface area contributed by atoms with Gasteiger partial charge in [-0.3, -0.25) is 0 Å². The van der Waals surface area contributed by atoms with E-state index < -0.39 is 18.5 Å². The van der Waals surface area contributed by atoms with Crippen LogP contribution in [0.4, 0.5) is 31.5 Å². The van der Waals surface area contributed by atoms with Crippen LogP contribution in [0.25, 0.3) is 38.8 Å². The monoisotopic (exact) mass is 932 g/mol. The predicted octanol–water partition coefficient (Wildman–Crippen LogP) is 12.4. The van der Waals surface area contributed by atoms with Gasteiger partial charge in [0.1, 0.15) is 17.5 Å². The maximum atomic E-state index is 15.6. The van der Waals surface area contributed by atoms with Gasteiger partial charge in [-0.2, -0.15) is 11.3 Å². The molecule has 0 aliphatic carbocycles. The number of benzene rings is 6. The first-order chi connectivity index (χ1) is 28.3. The zero-order valence-corrected chi connectivity index (χ0v) is 33.2. The van der Waals surface area contributed by atoms with Crippen molar-refractivity contribution in [3.63, 3.8) is 0 Å². The summed E-state index contributed by atoms with van der Waals surface area (Å²) in [6.45, 7) is 5.11. The van der Waals surface area contributed by atoms with Gasteiger partial charge >= 0.3 is 0 Å². The first-order valence-corrected chi connectivity index (χ1v) is 18.0. The van der Waals surface area contributed by atoms with Gasteiger partial charge in [-0.25, -0.2) is 13.8 Å². The smallest absolute Gasteiger partial charge is 0.147 e. The number of anilines is 4. The van der Waals surface area contributed by atoms with Gasteiger partial charge in [-0.05, 0) is 82.9 Å². The Morgan fingerprint density at radius 3 is 2.33 bits per heavy atom. The van der Waals surface area contributed by atoms with E-state index in [1.54, 1.807) is 48.1 Å². The fourth-order valence-electron chi connectivity index (χ4n) is 7.25. The third kappa shape index (κ3) is 6.62. The van der Waals surface area contributed by atoms with Crippen LogP contribution < -0.4 is 14.5 Å². The number of para-hydroxylation sites is 2. The van der Waals surface area contributed by atoms with E-state index >= 15 is 8.78 Å². The Hall–Kier alpha value is -6.29. The molecule has 0 fully saturated rings. The Kier molecular flexibility index (Phi) is 8.74. The Balaban J connectivity index is 0.00000499. The summed E-state index contributed by atoms with van der Waals surface area (Å²) in [5.74, 6) is -0.256. The number of aromatic nitrogens is 2. The van der Waals surface area contributed by atoms with E-state index in [1.807, 2.05) is 77.4 Å². The van der Waals surface area contributed by atoms with Crippen LogP contribution in [0.3, 0.4) is 0 Å². The summed E-state index contributed by atoms with van der Waals surface area (Å²) in [6.07, 6.45) is 1.73. The van der Waals surface area contributed by atoms with E-state index in [1.165, 1.54) is 29.2 Å². The molecule has 8 aromatic rings. The molecule has 0 N–H and O–H groups in total. The topological polar surface area (TPSA) is 57.3 Å². The number of nitrogens with zero attached hydrogens (tertiary/aromatic N) is 5. The van der Waals surface area contributed by atoms with Crippen molar-refractivity contribution >= 4 is 44.6 Å². The molecule has 3 heterocycles. The number of nitriles is 1. The molecule has 57 heavy (non-hydrogen) atoms. The summed E-state index contributed by atoms with van der Waals surface area (Å²) in [7, 11) is 0. The van der Waals surface area contributed by atoms with Crippen molar-refractivity contribution in [2.45, 2.75) is 33.0 Å². The molecule has 0 saturated carbocycles. The zero-order chi connectivity index (χ0) is 41.2. The Labute approximate surface area is 348 Å². The van der Waals surface area contributed by atoms with Gasteiger partial charge in [0.25, 0.3) is 0 Å². The van der Waals surface area contributed by atoms with Gasteiger partial charge in [-0.1, -0.05) is 74.8 Å². The molecule has 1 aliphatic rings. The summed E-state index contributed by atoms with van der Waals surface area (Å²) >= 11 is 0. The largest absolute Gasteiger partial charge is 0.509 e. The van der Waals surface area contributed by atoms with E-state index in [0.29, 0.717) is 39.8 Å². The van der Waals surface area contributed by atoms with Crippen LogP contribution in [0.5, 0.6) is 11.5 Å². The average molecular weight is 933 g/mol. The van der Waals surface area contributed by atoms with Crippen molar-refractivity contribution in [2.24, 2.45) is 0 Å². The second kappa shape index (κ2) is 14.7. The number of pyridine rings is 1. The van der Waals surface area contributed by atoms with Gasteiger partial charge in [0.2, 0.25) is 0 Å². The molecule has 1 aliphatic heterocycles. The quantitative estimate of drug-likeness (QED) is 0.156. The van der Waals surface area contributed by atoms with E-state index in [9.17, 15) is 5.26 Å². The summed E-state index contributed by atoms with van der Waals surface area (Å²) in [5.41, 5.74) is 4.16. The second-order valence-corrected chi connectivity index (χ2v) is 14.6. The number of rotatable bonds is 6. The van der Waals surface area contributed by atoms with Crippen molar-refractivity contribution < 1.29 is 38.7 Å². The first kappa shape index (κ1) is 34.0. The van der Waals surface area contributed by atoms with Crippen molar-refractivity contribution in [2.75, 3.05) is 9.80 Å². The van der Waals surface area contributed by atoms with Gasteiger partial charge in [0.05, 0.1) is 17.3 Å². The third-order valence-electron chi connectivity index (χ3n) is 10.0. The minimum absolute atomic E-state index is 0. The first-order valence-electron chi connectivity index (χ1n) is 19.5. The van der Waals surface area contributed by atoms with Gasteiger partial charge in [-0.15, -0.1) is 53.6 Å². The molecule has 0 radical (unpaired) electrons. The van der Waals surface area contributed by atoms with E-state index in [2.05, 4.69) is 37.9 Å². The van der Waals surface area contributed by atoms with Gasteiger partial charge in [0.15, 0.2) is 0 Å². The van der Waals surface area contributed by atoms with Crippen molar-refractivity contribution in [3.05, 3.63) is 175 Å². The Morgan fingerprint density at radius 1 is 0.789 bits per heavy atom. The van der Waals surface area contributed by atoms with E-state index in [0.717, 1.165) is 27.4 Å². The van der Waals surface area contributed by atoms with Crippen LogP contribution in [0.2, 0.25) is 0 Å². The molecule has 284 valence electrons. The van der Waals surface area contributed by atoms with E-state index in [-0.39, 0.29) is 49.0 Å². The maximum Gasteiger partial charge on any atom is 0.147 e. The fraction of sp³-hybridized carbons (Fsp3) is 0.104. The normalized spacial score (nSPS) is 13.4. The van der Waals surface area contributed by atoms with Crippen LogP contribution in [-0.4, -0.2) is 9.55 Å². The summed E-state index contributed by atoms with van der Waals surface area (Å²) in [5, 5.41) is 12.0. The molecule has 9 rings (SSSR count). The minimum Gasteiger partial charge on any atom is -0.509 e. The molecule has 9 heteroatoms. The molecule has 6 aromatic carbocycles. The molecule has 0 unspecified atom stereocenters. The van der Waals surface area contributed by atoms with Gasteiger partial charge in [0, 0.05) is 59.8 Å². The molecule has 0 amide bonds. The molecular weight excluding hydrogens is 896 g/mol. The summed E-state index contributed by atoms with van der Waals surface area (Å²) in [4.78, 5) is 7.83. The number of halogens is 2. The van der Waals surface area contributed by atoms with Crippen LogP contribution in [-0.2, 0) is 26.5 Å². The van der Waals surface area contributed by atoms with Gasteiger partial charge < -0.3 is 19.1 Å². The fourth-order valence-corrected chi connectivity index (χ4v) is 7.25. The molecule has 2 aromatic heterocycles. The molecule has 6 nitrogen and oxygen atoms in total. The number of ether oxygens (including phenoxy) is 1. The van der Waals surface area contributed by atoms with Crippen molar-refractivity contribution in [3.8, 4) is 34.5 Å². The second-order valence-electron chi connectivity index (χ2n) is 14.6.